The van der Waals surface area contributed by atoms with Gasteiger partial charge < -0.3 is 14.2 Å². The highest BCUT2D eigenvalue weighted by Crippen LogP contribution is 2.32. The molecule has 2 aromatic carbocycles. The van der Waals surface area contributed by atoms with E-state index in [-0.39, 0.29) is 19.0 Å². The summed E-state index contributed by atoms with van der Waals surface area (Å²) in [4.78, 5) is 31.5. The van der Waals surface area contributed by atoms with E-state index in [1.165, 1.54) is 11.3 Å². The Labute approximate surface area is 199 Å². The molecule has 0 fully saturated rings. The van der Waals surface area contributed by atoms with E-state index in [9.17, 15) is 9.59 Å². The number of hydrogen-bond acceptors (Lipinski definition) is 7. The van der Waals surface area contributed by atoms with E-state index in [0.29, 0.717) is 32.1 Å². The largest absolute Gasteiger partial charge is 0.463 e. The smallest absolute Gasteiger partial charge is 0.338 e. The lowest BCUT2D eigenvalue weighted by molar-refractivity contribution is -0.139. The first kappa shape index (κ1) is 21.9. The number of carbonyl (C=O) groups excluding carboxylic acids is 1. The van der Waals surface area contributed by atoms with Crippen LogP contribution in [0.5, 0.6) is 11.5 Å². The molecule has 0 unspecified atom stereocenters. The minimum Gasteiger partial charge on any atom is -0.463 e. The number of ether oxygens (including phenoxy) is 3. The van der Waals surface area contributed by atoms with Gasteiger partial charge in [0.2, 0.25) is 6.79 Å². The van der Waals surface area contributed by atoms with Crippen molar-refractivity contribution in [1.29, 1.82) is 0 Å². The summed E-state index contributed by atoms with van der Waals surface area (Å²) in [7, 11) is 0. The van der Waals surface area contributed by atoms with Crippen LogP contribution in [0.15, 0.2) is 75.7 Å². The third kappa shape index (κ3) is 4.08. The van der Waals surface area contributed by atoms with Gasteiger partial charge in [-0.05, 0) is 43.2 Å². The van der Waals surface area contributed by atoms with Gasteiger partial charge in [-0.15, -0.1) is 0 Å². The molecular weight excluding hydrogens is 452 g/mol. The van der Waals surface area contributed by atoms with Gasteiger partial charge >= 0.3 is 5.97 Å². The molecule has 0 saturated heterocycles. The summed E-state index contributed by atoms with van der Waals surface area (Å²) in [5.41, 5.74) is 2.45. The first-order valence-electron chi connectivity index (χ1n) is 10.9. The summed E-state index contributed by atoms with van der Waals surface area (Å²) in [6.07, 6.45) is 5.55. The van der Waals surface area contributed by atoms with Crippen molar-refractivity contribution in [2.45, 2.75) is 19.9 Å². The van der Waals surface area contributed by atoms with E-state index in [1.807, 2.05) is 60.7 Å². The molecule has 0 aliphatic carbocycles. The zero-order valence-corrected chi connectivity index (χ0v) is 19.5. The molecule has 0 amide bonds. The Morgan fingerprint density at radius 2 is 1.97 bits per heavy atom. The minimum atomic E-state index is -0.630. The molecule has 3 heterocycles. The van der Waals surface area contributed by atoms with Crippen molar-refractivity contribution in [3.05, 3.63) is 96.7 Å². The Bertz CT molecular complexity index is 1500. The fourth-order valence-corrected chi connectivity index (χ4v) is 4.99. The standard InChI is InChI=1S/C26H22N2O5S/c1-3-31-25(30)23-16(2)27-26-28(19(23)11-9-17-7-5-4-6-8-17)24(29)22(34-26)14-18-10-12-20-21(13-18)33-15-32-20/h4-14,19H,3,15H2,1-2H3/b11-9+,22-14-/t19-/m1/s1. The number of thiazole rings is 1. The van der Waals surface area contributed by atoms with Crippen LogP contribution < -0.4 is 24.4 Å². The molecule has 0 N–H and O–H groups in total. The topological polar surface area (TPSA) is 79.1 Å². The molecule has 5 rings (SSSR count). The lowest BCUT2D eigenvalue weighted by atomic mass is 10.0. The Hall–Kier alpha value is -3.91. The average Bonchev–Trinajstić information content (AvgIpc) is 3.42. The van der Waals surface area contributed by atoms with Crippen molar-refractivity contribution in [2.24, 2.45) is 4.99 Å². The van der Waals surface area contributed by atoms with Gasteiger partial charge in [-0.1, -0.05) is 59.9 Å². The summed E-state index contributed by atoms with van der Waals surface area (Å²) >= 11 is 1.28. The van der Waals surface area contributed by atoms with Gasteiger partial charge in [0.05, 0.1) is 28.5 Å². The molecule has 7 nitrogen and oxygen atoms in total. The fourth-order valence-electron chi connectivity index (χ4n) is 3.94. The van der Waals surface area contributed by atoms with Gasteiger partial charge in [0.15, 0.2) is 16.3 Å². The van der Waals surface area contributed by atoms with Crippen molar-refractivity contribution in [3.8, 4) is 11.5 Å². The van der Waals surface area contributed by atoms with E-state index in [4.69, 9.17) is 14.2 Å². The maximum atomic E-state index is 13.5. The third-order valence-electron chi connectivity index (χ3n) is 5.52. The van der Waals surface area contributed by atoms with Gasteiger partial charge in [-0.3, -0.25) is 9.36 Å². The minimum absolute atomic E-state index is 0.185. The predicted molar refractivity (Wildman–Crippen MR) is 129 cm³/mol. The zero-order valence-electron chi connectivity index (χ0n) is 18.7. The second-order valence-corrected chi connectivity index (χ2v) is 8.74. The average molecular weight is 475 g/mol. The van der Waals surface area contributed by atoms with Crippen LogP contribution in [0.2, 0.25) is 0 Å². The summed E-state index contributed by atoms with van der Waals surface area (Å²) in [6, 6.07) is 14.6. The van der Waals surface area contributed by atoms with E-state index in [1.54, 1.807) is 24.5 Å². The number of hydrogen-bond donors (Lipinski definition) is 0. The van der Waals surface area contributed by atoms with Gasteiger partial charge in [0.25, 0.3) is 5.56 Å². The van der Waals surface area contributed by atoms with Crippen LogP contribution in [0.3, 0.4) is 0 Å². The van der Waals surface area contributed by atoms with Gasteiger partial charge in [-0.25, -0.2) is 9.79 Å². The number of aromatic nitrogens is 1. The number of carbonyl (C=O) groups is 1. The van der Waals surface area contributed by atoms with Crippen LogP contribution in [0.4, 0.5) is 0 Å². The Morgan fingerprint density at radius 1 is 1.18 bits per heavy atom. The molecule has 3 aromatic rings. The van der Waals surface area contributed by atoms with Crippen LogP contribution >= 0.6 is 11.3 Å². The Morgan fingerprint density at radius 3 is 2.76 bits per heavy atom. The highest BCUT2D eigenvalue weighted by Gasteiger charge is 2.30. The Balaban J connectivity index is 1.63. The molecule has 172 valence electrons. The van der Waals surface area contributed by atoms with Gasteiger partial charge in [0, 0.05) is 0 Å². The molecule has 1 atom stereocenters. The van der Waals surface area contributed by atoms with E-state index in [2.05, 4.69) is 4.99 Å². The first-order valence-corrected chi connectivity index (χ1v) is 11.7. The lowest BCUT2D eigenvalue weighted by Gasteiger charge is -2.21. The number of allylic oxidation sites excluding steroid dienone is 2. The molecule has 8 heteroatoms. The number of nitrogens with zero attached hydrogens (tertiary/aromatic N) is 2. The second-order valence-electron chi connectivity index (χ2n) is 7.73. The van der Waals surface area contributed by atoms with Crippen LogP contribution in [0.25, 0.3) is 12.2 Å². The predicted octanol–water partition coefficient (Wildman–Crippen LogP) is 3.19. The maximum Gasteiger partial charge on any atom is 0.338 e. The molecule has 1 aromatic heterocycles. The van der Waals surface area contributed by atoms with Crippen molar-refractivity contribution in [1.82, 2.24) is 4.57 Å². The third-order valence-corrected chi connectivity index (χ3v) is 6.51. The molecule has 2 aliphatic heterocycles. The maximum absolute atomic E-state index is 13.5. The van der Waals surface area contributed by atoms with E-state index < -0.39 is 12.0 Å². The first-order chi connectivity index (χ1) is 16.5. The molecule has 34 heavy (non-hydrogen) atoms. The van der Waals surface area contributed by atoms with Crippen LogP contribution in [-0.4, -0.2) is 23.9 Å². The Kier molecular flexibility index (Phi) is 5.90. The SMILES string of the molecule is CCOC(=O)C1=C(C)N=c2s/c(=C\c3ccc4c(c3)OCO4)c(=O)n2[C@@H]1/C=C/c1ccccc1. The lowest BCUT2D eigenvalue weighted by Crippen LogP contribution is -2.38. The summed E-state index contributed by atoms with van der Waals surface area (Å²) in [5.74, 6) is 0.849. The summed E-state index contributed by atoms with van der Waals surface area (Å²) < 4.78 is 18.2. The van der Waals surface area contributed by atoms with Crippen molar-refractivity contribution < 1.29 is 19.0 Å². The highest BCUT2D eigenvalue weighted by molar-refractivity contribution is 7.07. The molecule has 0 spiro atoms. The normalized spacial score (nSPS) is 17.1. The molecule has 0 bridgehead atoms. The van der Waals surface area contributed by atoms with Crippen molar-refractivity contribution >= 4 is 29.5 Å². The molecule has 2 aliphatic rings. The fraction of sp³-hybridized carbons (Fsp3) is 0.192. The zero-order chi connectivity index (χ0) is 23.7. The molecule has 0 saturated carbocycles. The second kappa shape index (κ2) is 9.15. The summed E-state index contributed by atoms with van der Waals surface area (Å²) in [6.45, 7) is 3.94. The number of rotatable bonds is 5. The van der Waals surface area contributed by atoms with E-state index in [0.717, 1.165) is 11.1 Å². The number of esters is 1. The molecular formula is C26H22N2O5S. The van der Waals surface area contributed by atoms with Gasteiger partial charge in [0.1, 0.15) is 0 Å². The number of benzene rings is 2. The van der Waals surface area contributed by atoms with Crippen LogP contribution in [-0.2, 0) is 9.53 Å². The van der Waals surface area contributed by atoms with Crippen molar-refractivity contribution in [3.63, 3.8) is 0 Å². The molecule has 0 radical (unpaired) electrons. The van der Waals surface area contributed by atoms with Crippen LogP contribution in [0.1, 0.15) is 31.0 Å². The highest BCUT2D eigenvalue weighted by atomic mass is 32.1. The monoisotopic (exact) mass is 474 g/mol. The number of fused-ring (bicyclic) bond motifs is 2. The van der Waals surface area contributed by atoms with E-state index >= 15 is 0 Å². The quantitative estimate of drug-likeness (QED) is 0.531. The van der Waals surface area contributed by atoms with Crippen molar-refractivity contribution in [2.75, 3.05) is 13.4 Å². The van der Waals surface area contributed by atoms with Gasteiger partial charge in [-0.2, -0.15) is 0 Å². The summed E-state index contributed by atoms with van der Waals surface area (Å²) in [5, 5.41) is 0. The van der Waals surface area contributed by atoms with Crippen LogP contribution in [0, 0.1) is 0 Å².